The highest BCUT2D eigenvalue weighted by molar-refractivity contribution is 7.87. The molecule has 2 N–H and O–H groups in total. The summed E-state index contributed by atoms with van der Waals surface area (Å²) in [6, 6.07) is 6.30. The number of aliphatic hydroxyl groups is 1. The van der Waals surface area contributed by atoms with Crippen molar-refractivity contribution in [3.8, 4) is 0 Å². The summed E-state index contributed by atoms with van der Waals surface area (Å²) in [5.41, 5.74) is -0.920. The number of nitrogens with one attached hydrogen (secondary N) is 1. The number of amides is 2. The highest BCUT2D eigenvalue weighted by atomic mass is 35.5. The maximum Gasteiger partial charge on any atom is 0.425 e. The van der Waals surface area contributed by atoms with Crippen LogP contribution in [-0.4, -0.2) is 71.4 Å². The summed E-state index contributed by atoms with van der Waals surface area (Å²) in [5.74, 6) is 0. The van der Waals surface area contributed by atoms with E-state index in [1.165, 1.54) is 4.90 Å². The van der Waals surface area contributed by atoms with Gasteiger partial charge in [0.1, 0.15) is 11.2 Å². The maximum atomic E-state index is 13.1. The average Bonchev–Trinajstić information content (AvgIpc) is 3.08. The molecule has 10 nitrogen and oxygen atoms in total. The average molecular weight is 548 g/mol. The lowest BCUT2D eigenvalue weighted by Crippen LogP contribution is -2.47. The van der Waals surface area contributed by atoms with Crippen molar-refractivity contribution in [3.63, 3.8) is 0 Å². The van der Waals surface area contributed by atoms with Gasteiger partial charge in [-0.3, -0.25) is 0 Å². The molecule has 12 heteroatoms. The monoisotopic (exact) mass is 547 g/mol. The van der Waals surface area contributed by atoms with Crippen LogP contribution >= 0.6 is 11.6 Å². The summed E-state index contributed by atoms with van der Waals surface area (Å²) in [4.78, 5) is 26.8. The number of β-amino-alcohol motifs (C(OH)–C–C–N with tert-alkyl or cyclic N) is 1. The summed E-state index contributed by atoms with van der Waals surface area (Å²) >= 11 is 5.88. The number of likely N-dealkylation sites (tertiary alicyclic amines) is 1. The number of carbonyl (C=O) groups excluding carboxylic acids is 2. The molecule has 0 radical (unpaired) electrons. The van der Waals surface area contributed by atoms with E-state index in [0.717, 1.165) is 0 Å². The summed E-state index contributed by atoms with van der Waals surface area (Å²) in [5, 5.41) is 10.6. The van der Waals surface area contributed by atoms with E-state index in [4.69, 9.17) is 21.1 Å². The van der Waals surface area contributed by atoms with Crippen LogP contribution in [0, 0.1) is 0 Å². The van der Waals surface area contributed by atoms with Gasteiger partial charge >= 0.3 is 22.4 Å². The van der Waals surface area contributed by atoms with E-state index >= 15 is 0 Å². The third-order valence-corrected chi connectivity index (χ3v) is 6.85. The van der Waals surface area contributed by atoms with Crippen LogP contribution in [0.5, 0.6) is 0 Å². The molecular weight excluding hydrogens is 510 g/mol. The molecule has 1 heterocycles. The number of rotatable bonds is 8. The summed E-state index contributed by atoms with van der Waals surface area (Å²) < 4.78 is 40.0. The second kappa shape index (κ2) is 12.0. The molecule has 1 saturated heterocycles. The van der Waals surface area contributed by atoms with E-state index in [1.807, 2.05) is 0 Å². The molecular formula is C24H38ClN3O7S. The van der Waals surface area contributed by atoms with E-state index in [0.29, 0.717) is 27.7 Å². The molecule has 0 unspecified atom stereocenters. The van der Waals surface area contributed by atoms with Gasteiger partial charge in [-0.1, -0.05) is 23.7 Å². The molecule has 0 saturated carbocycles. The van der Waals surface area contributed by atoms with Gasteiger partial charge in [-0.15, -0.1) is 0 Å². The van der Waals surface area contributed by atoms with Crippen LogP contribution in [0.2, 0.25) is 5.02 Å². The minimum atomic E-state index is -4.24. The normalized spacial score (nSPS) is 18.7. The SMILES string of the molecule is CC(C)(C)OC(=O)N1C[C@H](O)C[C@@H]1CCCN(C(=O)OC(C)(C)C)S(=O)(=O)NCc1ccc(Cl)cc1. The van der Waals surface area contributed by atoms with Crippen molar-refractivity contribution >= 4 is 34.0 Å². The van der Waals surface area contributed by atoms with Crippen LogP contribution in [-0.2, 0) is 26.2 Å². The van der Waals surface area contributed by atoms with E-state index in [9.17, 15) is 23.1 Å². The molecule has 1 aliphatic rings. The van der Waals surface area contributed by atoms with Crippen molar-refractivity contribution in [1.29, 1.82) is 0 Å². The van der Waals surface area contributed by atoms with Crippen LogP contribution in [0.1, 0.15) is 66.4 Å². The van der Waals surface area contributed by atoms with E-state index < -0.39 is 39.7 Å². The van der Waals surface area contributed by atoms with Gasteiger partial charge in [0, 0.05) is 24.2 Å². The van der Waals surface area contributed by atoms with Crippen molar-refractivity contribution < 1.29 is 32.6 Å². The fourth-order valence-electron chi connectivity index (χ4n) is 3.66. The first-order valence-electron chi connectivity index (χ1n) is 11.9. The van der Waals surface area contributed by atoms with Crippen molar-refractivity contribution in [2.75, 3.05) is 13.1 Å². The summed E-state index contributed by atoms with van der Waals surface area (Å²) in [7, 11) is -4.24. The second-order valence-corrected chi connectivity index (χ2v) is 12.9. The molecule has 1 aromatic rings. The molecule has 2 atom stereocenters. The maximum absolute atomic E-state index is 13.1. The largest absolute Gasteiger partial charge is 0.444 e. The Labute approximate surface area is 219 Å². The number of hydrogen-bond donors (Lipinski definition) is 2. The first-order chi connectivity index (χ1) is 16.5. The van der Waals surface area contributed by atoms with Crippen LogP contribution in [0.3, 0.4) is 0 Å². The number of nitrogens with zero attached hydrogens (tertiary/aromatic N) is 2. The van der Waals surface area contributed by atoms with E-state index in [-0.39, 0.29) is 32.1 Å². The predicted molar refractivity (Wildman–Crippen MR) is 137 cm³/mol. The quantitative estimate of drug-likeness (QED) is 0.502. The molecule has 0 bridgehead atoms. The zero-order valence-electron chi connectivity index (χ0n) is 21.8. The minimum Gasteiger partial charge on any atom is -0.444 e. The third kappa shape index (κ3) is 9.76. The molecule has 1 aliphatic heterocycles. The van der Waals surface area contributed by atoms with Crippen LogP contribution < -0.4 is 4.72 Å². The van der Waals surface area contributed by atoms with Gasteiger partial charge in [0.25, 0.3) is 0 Å². The van der Waals surface area contributed by atoms with E-state index in [2.05, 4.69) is 4.72 Å². The van der Waals surface area contributed by atoms with Crippen LogP contribution in [0.4, 0.5) is 9.59 Å². The predicted octanol–water partition coefficient (Wildman–Crippen LogP) is 4.06. The molecule has 0 spiro atoms. The fourth-order valence-corrected chi connectivity index (χ4v) is 4.89. The van der Waals surface area contributed by atoms with Gasteiger partial charge < -0.3 is 19.5 Å². The van der Waals surface area contributed by atoms with Crippen LogP contribution in [0.15, 0.2) is 24.3 Å². The minimum absolute atomic E-state index is 0.0416. The van der Waals surface area contributed by atoms with Gasteiger partial charge in [-0.25, -0.2) is 9.59 Å². The molecule has 0 aromatic heterocycles. The number of carbonyl (C=O) groups is 2. The molecule has 36 heavy (non-hydrogen) atoms. The number of aliphatic hydroxyl groups excluding tert-OH is 1. The first-order valence-corrected chi connectivity index (χ1v) is 13.7. The Morgan fingerprint density at radius 2 is 1.69 bits per heavy atom. The van der Waals surface area contributed by atoms with Gasteiger partial charge in [0.2, 0.25) is 0 Å². The van der Waals surface area contributed by atoms with Crippen molar-refractivity contribution in [2.24, 2.45) is 0 Å². The molecule has 2 amide bonds. The third-order valence-electron chi connectivity index (χ3n) is 5.18. The lowest BCUT2D eigenvalue weighted by Gasteiger charge is -2.29. The molecule has 1 aromatic carbocycles. The highest BCUT2D eigenvalue weighted by Crippen LogP contribution is 2.25. The highest BCUT2D eigenvalue weighted by Gasteiger charge is 2.37. The Bertz CT molecular complexity index is 1000. The van der Waals surface area contributed by atoms with Gasteiger partial charge in [-0.2, -0.15) is 17.4 Å². The van der Waals surface area contributed by atoms with Crippen molar-refractivity contribution in [1.82, 2.24) is 13.9 Å². The number of hydrogen-bond acceptors (Lipinski definition) is 7. The summed E-state index contributed by atoms with van der Waals surface area (Å²) in [6.07, 6.45) is -1.28. The fraction of sp³-hybridized carbons (Fsp3) is 0.667. The smallest absolute Gasteiger partial charge is 0.425 e. The Balaban J connectivity index is 2.09. The number of halogens is 1. The van der Waals surface area contributed by atoms with Crippen molar-refractivity contribution in [3.05, 3.63) is 34.9 Å². The van der Waals surface area contributed by atoms with Gasteiger partial charge in [0.05, 0.1) is 12.6 Å². The Morgan fingerprint density at radius 3 is 2.25 bits per heavy atom. The van der Waals surface area contributed by atoms with E-state index in [1.54, 1.807) is 65.8 Å². The van der Waals surface area contributed by atoms with Gasteiger partial charge in [0.15, 0.2) is 0 Å². The Morgan fingerprint density at radius 1 is 1.11 bits per heavy atom. The Hall–Kier alpha value is -2.08. The van der Waals surface area contributed by atoms with Gasteiger partial charge in [-0.05, 0) is 78.5 Å². The van der Waals surface area contributed by atoms with Crippen molar-refractivity contribution in [2.45, 2.75) is 90.7 Å². The second-order valence-electron chi connectivity index (χ2n) is 10.8. The topological polar surface area (TPSA) is 125 Å². The number of benzene rings is 1. The lowest BCUT2D eigenvalue weighted by atomic mass is 10.1. The standard InChI is InChI=1S/C24H38ClN3O7S/c1-23(2,3)34-21(30)27-16-20(29)14-19(27)8-7-13-28(22(31)35-24(4,5)6)36(32,33)26-15-17-9-11-18(25)12-10-17/h9-12,19-20,26,29H,7-8,13-16H2,1-6H3/t19-,20+/m0/s1. The van der Waals surface area contributed by atoms with Crippen LogP contribution in [0.25, 0.3) is 0 Å². The molecule has 2 rings (SSSR count). The zero-order chi connectivity index (χ0) is 27.3. The Kier molecular flexibility index (Phi) is 10.0. The molecule has 204 valence electrons. The zero-order valence-corrected chi connectivity index (χ0v) is 23.4. The number of ether oxygens (including phenoxy) is 2. The lowest BCUT2D eigenvalue weighted by molar-refractivity contribution is 0.0195. The molecule has 1 fully saturated rings. The first kappa shape index (κ1) is 30.1. The summed E-state index contributed by atoms with van der Waals surface area (Å²) in [6.45, 7) is 10.1. The molecule has 0 aliphatic carbocycles.